The number of anilines is 1. The van der Waals surface area contributed by atoms with Gasteiger partial charge in [0.05, 0.1) is 0 Å². The van der Waals surface area contributed by atoms with Gasteiger partial charge in [-0.2, -0.15) is 4.31 Å². The number of amides is 1. The molecule has 1 amide bonds. The summed E-state index contributed by atoms with van der Waals surface area (Å²) in [6.07, 6.45) is 0.792. The lowest BCUT2D eigenvalue weighted by Crippen LogP contribution is -2.48. The van der Waals surface area contributed by atoms with Crippen molar-refractivity contribution in [2.45, 2.75) is 31.2 Å². The average molecular weight is 408 g/mol. The zero-order valence-electron chi connectivity index (χ0n) is 15.6. The number of benzene rings is 1. The molecule has 0 bridgehead atoms. The molecule has 1 atom stereocenters. The van der Waals surface area contributed by atoms with Crippen molar-refractivity contribution >= 4 is 33.0 Å². The Kier molecular flexibility index (Phi) is 6.18. The van der Waals surface area contributed by atoms with Crippen LogP contribution in [-0.4, -0.2) is 50.9 Å². The first-order valence-corrected chi connectivity index (χ1v) is 11.4. The summed E-state index contributed by atoms with van der Waals surface area (Å²) in [4.78, 5) is 15.0. The highest BCUT2D eigenvalue weighted by Gasteiger charge is 2.32. The molecule has 0 spiro atoms. The predicted molar refractivity (Wildman–Crippen MR) is 109 cm³/mol. The third-order valence-corrected chi connectivity index (χ3v) is 7.79. The van der Waals surface area contributed by atoms with E-state index >= 15 is 0 Å². The Morgan fingerprint density at radius 1 is 1.15 bits per heavy atom. The molecule has 2 aromatic rings. The first-order chi connectivity index (χ1) is 12.9. The Labute approximate surface area is 164 Å². The number of para-hydroxylation sites is 1. The number of piperazine rings is 1. The molecular weight excluding hydrogens is 382 g/mol. The van der Waals surface area contributed by atoms with Gasteiger partial charge in [-0.05, 0) is 36.9 Å². The smallest absolute Gasteiger partial charge is 0.262 e. The fraction of sp³-hybridized carbons (Fsp3) is 0.421. The van der Waals surface area contributed by atoms with E-state index in [4.69, 9.17) is 0 Å². The van der Waals surface area contributed by atoms with Crippen LogP contribution >= 0.6 is 11.3 Å². The summed E-state index contributed by atoms with van der Waals surface area (Å²) >= 11 is 1.17. The van der Waals surface area contributed by atoms with Crippen molar-refractivity contribution in [1.29, 1.82) is 0 Å². The Morgan fingerprint density at radius 2 is 1.81 bits per heavy atom. The number of carbonyl (C=O) groups is 1. The number of rotatable bonds is 6. The number of sulfonamides is 1. The summed E-state index contributed by atoms with van der Waals surface area (Å²) in [5.41, 5.74) is 1.10. The molecular formula is C19H25N3O3S2. The van der Waals surface area contributed by atoms with Crippen LogP contribution in [0.4, 0.5) is 5.69 Å². The highest BCUT2D eigenvalue weighted by Crippen LogP contribution is 2.27. The van der Waals surface area contributed by atoms with E-state index in [-0.39, 0.29) is 21.7 Å². The van der Waals surface area contributed by atoms with E-state index in [1.807, 2.05) is 44.2 Å². The van der Waals surface area contributed by atoms with E-state index in [0.29, 0.717) is 26.2 Å². The number of nitrogens with one attached hydrogen (secondary N) is 1. The minimum absolute atomic E-state index is 0.00423. The molecule has 0 unspecified atom stereocenters. The minimum Gasteiger partial charge on any atom is -0.369 e. The zero-order chi connectivity index (χ0) is 19.4. The molecule has 2 heterocycles. The van der Waals surface area contributed by atoms with Gasteiger partial charge in [0.15, 0.2) is 0 Å². The molecule has 1 aromatic carbocycles. The van der Waals surface area contributed by atoms with Gasteiger partial charge in [0.25, 0.3) is 5.91 Å². The standard InChI is InChI=1S/C19H25N3O3S2/c1-3-15(2)20-19(23)18-17(9-14-26-18)27(24,25)22-12-10-21(11-13-22)16-7-5-4-6-8-16/h4-9,14-15H,3,10-13H2,1-2H3,(H,20,23)/t15-/m0/s1. The summed E-state index contributed by atoms with van der Waals surface area (Å²) in [7, 11) is -3.69. The number of hydrogen-bond donors (Lipinski definition) is 1. The van der Waals surface area contributed by atoms with Crippen LogP contribution in [0.2, 0.25) is 0 Å². The van der Waals surface area contributed by atoms with Crippen molar-refractivity contribution in [2.24, 2.45) is 0 Å². The van der Waals surface area contributed by atoms with E-state index in [2.05, 4.69) is 10.2 Å². The summed E-state index contributed by atoms with van der Waals surface area (Å²) in [6.45, 7) is 5.94. The third kappa shape index (κ3) is 4.34. The van der Waals surface area contributed by atoms with Gasteiger partial charge in [0.1, 0.15) is 9.77 Å². The van der Waals surface area contributed by atoms with Gasteiger partial charge in [0.2, 0.25) is 10.0 Å². The van der Waals surface area contributed by atoms with Crippen LogP contribution in [0.3, 0.4) is 0 Å². The molecule has 1 saturated heterocycles. The topological polar surface area (TPSA) is 69.7 Å². The van der Waals surface area contributed by atoms with Gasteiger partial charge in [-0.25, -0.2) is 8.42 Å². The Balaban J connectivity index is 1.73. The minimum atomic E-state index is -3.69. The molecule has 3 rings (SSSR count). The van der Waals surface area contributed by atoms with Crippen LogP contribution in [0.25, 0.3) is 0 Å². The molecule has 1 aliphatic heterocycles. The molecule has 1 N–H and O–H groups in total. The zero-order valence-corrected chi connectivity index (χ0v) is 17.2. The maximum atomic E-state index is 13.1. The molecule has 1 fully saturated rings. The van der Waals surface area contributed by atoms with Crippen LogP contribution in [0.5, 0.6) is 0 Å². The SMILES string of the molecule is CC[C@H](C)NC(=O)c1sccc1S(=O)(=O)N1CCN(c2ccccc2)CC1. The summed E-state index contributed by atoms with van der Waals surface area (Å²) in [5.74, 6) is -0.319. The van der Waals surface area contributed by atoms with E-state index < -0.39 is 10.0 Å². The maximum Gasteiger partial charge on any atom is 0.262 e. The van der Waals surface area contributed by atoms with Crippen LogP contribution in [0.15, 0.2) is 46.7 Å². The lowest BCUT2D eigenvalue weighted by Gasteiger charge is -2.35. The summed E-state index contributed by atoms with van der Waals surface area (Å²) in [5, 5.41) is 4.52. The summed E-state index contributed by atoms with van der Waals surface area (Å²) < 4.78 is 27.7. The first kappa shape index (κ1) is 19.9. The number of carbonyl (C=O) groups excluding carboxylic acids is 1. The number of hydrogen-bond acceptors (Lipinski definition) is 5. The van der Waals surface area contributed by atoms with Crippen LogP contribution in [0, 0.1) is 0 Å². The predicted octanol–water partition coefficient (Wildman–Crippen LogP) is 2.79. The lowest BCUT2D eigenvalue weighted by atomic mass is 10.2. The highest BCUT2D eigenvalue weighted by molar-refractivity contribution is 7.89. The normalized spacial score (nSPS) is 16.9. The van der Waals surface area contributed by atoms with Gasteiger partial charge < -0.3 is 10.2 Å². The largest absolute Gasteiger partial charge is 0.369 e. The highest BCUT2D eigenvalue weighted by atomic mass is 32.2. The van der Waals surface area contributed by atoms with Crippen molar-refractivity contribution in [3.8, 4) is 0 Å². The number of thiophene rings is 1. The molecule has 0 radical (unpaired) electrons. The molecule has 146 valence electrons. The molecule has 27 heavy (non-hydrogen) atoms. The van der Waals surface area contributed by atoms with Gasteiger partial charge in [-0.3, -0.25) is 4.79 Å². The molecule has 0 saturated carbocycles. The fourth-order valence-electron chi connectivity index (χ4n) is 3.02. The van der Waals surface area contributed by atoms with Crippen LogP contribution < -0.4 is 10.2 Å². The van der Waals surface area contributed by atoms with E-state index in [1.54, 1.807) is 5.38 Å². The van der Waals surface area contributed by atoms with Crippen molar-refractivity contribution in [3.63, 3.8) is 0 Å². The first-order valence-electron chi connectivity index (χ1n) is 9.12. The van der Waals surface area contributed by atoms with Gasteiger partial charge in [-0.15, -0.1) is 11.3 Å². The lowest BCUT2D eigenvalue weighted by molar-refractivity contribution is 0.0940. The number of nitrogens with zero attached hydrogens (tertiary/aromatic N) is 2. The van der Waals surface area contributed by atoms with Crippen LogP contribution in [-0.2, 0) is 10.0 Å². The van der Waals surface area contributed by atoms with Gasteiger partial charge in [0, 0.05) is 37.9 Å². The Hall–Kier alpha value is -1.90. The van der Waals surface area contributed by atoms with E-state index in [9.17, 15) is 13.2 Å². The molecule has 6 nitrogen and oxygen atoms in total. The van der Waals surface area contributed by atoms with Crippen molar-refractivity contribution < 1.29 is 13.2 Å². The Bertz CT molecular complexity index is 873. The average Bonchev–Trinajstić information content (AvgIpc) is 3.19. The second-order valence-corrected chi connectivity index (χ2v) is 9.45. The summed E-state index contributed by atoms with van der Waals surface area (Å²) in [6, 6.07) is 11.5. The second-order valence-electron chi connectivity index (χ2n) is 6.62. The molecule has 0 aliphatic carbocycles. The molecule has 1 aliphatic rings. The van der Waals surface area contributed by atoms with E-state index in [0.717, 1.165) is 12.1 Å². The van der Waals surface area contributed by atoms with Crippen molar-refractivity contribution in [1.82, 2.24) is 9.62 Å². The Morgan fingerprint density at radius 3 is 2.44 bits per heavy atom. The van der Waals surface area contributed by atoms with E-state index in [1.165, 1.54) is 21.7 Å². The van der Waals surface area contributed by atoms with Crippen LogP contribution in [0.1, 0.15) is 29.9 Å². The van der Waals surface area contributed by atoms with Crippen molar-refractivity contribution in [2.75, 3.05) is 31.1 Å². The quantitative estimate of drug-likeness (QED) is 0.799. The second kappa shape index (κ2) is 8.41. The van der Waals surface area contributed by atoms with Gasteiger partial charge >= 0.3 is 0 Å². The van der Waals surface area contributed by atoms with Crippen molar-refractivity contribution in [3.05, 3.63) is 46.7 Å². The fourth-order valence-corrected chi connectivity index (χ4v) is 5.75. The molecule has 8 heteroatoms. The molecule has 1 aromatic heterocycles. The third-order valence-electron chi connectivity index (χ3n) is 4.80. The maximum absolute atomic E-state index is 13.1. The monoisotopic (exact) mass is 407 g/mol. The van der Waals surface area contributed by atoms with Gasteiger partial charge in [-0.1, -0.05) is 25.1 Å².